The maximum Gasteiger partial charge on any atom is 0.407 e. The number of nitrogen functional groups attached to an aromatic ring is 1. The number of aromatic nitrogens is 2. The maximum atomic E-state index is 14.2. The lowest BCUT2D eigenvalue weighted by molar-refractivity contribution is -0.133. The molecule has 2 aromatic rings. The zero-order valence-corrected chi connectivity index (χ0v) is 14.0. The molecule has 27 heavy (non-hydrogen) atoms. The maximum absolute atomic E-state index is 14.2. The number of anilines is 1. The van der Waals surface area contributed by atoms with Gasteiger partial charge in [-0.15, -0.1) is 0 Å². The van der Waals surface area contributed by atoms with Crippen molar-refractivity contribution in [1.29, 1.82) is 5.26 Å². The molecule has 1 saturated heterocycles. The molecule has 1 aliphatic rings. The molecule has 0 radical (unpaired) electrons. The highest BCUT2D eigenvalue weighted by Gasteiger charge is 2.48. The standard InChI is InChI=1S/C17H15F2N5O3/c18-17(19)9-24(16(25)26)6-4-14(17)27-13-2-1-10(7-11(13)8-20)12-3-5-22-15(21)23-12/h1-3,5,7,14H,4,6,9H2,(H,25,26)(H2,21,22,23). The molecule has 140 valence electrons. The van der Waals surface area contributed by atoms with Gasteiger partial charge in [-0.05, 0) is 24.3 Å². The number of benzene rings is 1. The Kier molecular flexibility index (Phi) is 4.77. The smallest absolute Gasteiger partial charge is 0.407 e. The van der Waals surface area contributed by atoms with Crippen molar-refractivity contribution in [2.75, 3.05) is 18.8 Å². The Morgan fingerprint density at radius 1 is 1.44 bits per heavy atom. The van der Waals surface area contributed by atoms with Gasteiger partial charge in [0.25, 0.3) is 0 Å². The lowest BCUT2D eigenvalue weighted by Gasteiger charge is -2.36. The molecule has 2 heterocycles. The molecule has 0 saturated carbocycles. The third kappa shape index (κ3) is 3.87. The first-order chi connectivity index (χ1) is 12.8. The summed E-state index contributed by atoms with van der Waals surface area (Å²) in [6.45, 7) is -1.02. The van der Waals surface area contributed by atoms with Gasteiger partial charge in [-0.1, -0.05) is 0 Å². The first kappa shape index (κ1) is 18.3. The van der Waals surface area contributed by atoms with Crippen LogP contribution in [0.15, 0.2) is 30.5 Å². The Bertz CT molecular complexity index is 916. The van der Waals surface area contributed by atoms with E-state index in [2.05, 4.69) is 9.97 Å². The topological polar surface area (TPSA) is 125 Å². The van der Waals surface area contributed by atoms with Gasteiger partial charge in [-0.3, -0.25) is 0 Å². The van der Waals surface area contributed by atoms with E-state index in [9.17, 15) is 18.8 Å². The molecule has 10 heteroatoms. The fourth-order valence-corrected chi connectivity index (χ4v) is 2.80. The van der Waals surface area contributed by atoms with Crippen molar-refractivity contribution >= 4 is 12.0 Å². The summed E-state index contributed by atoms with van der Waals surface area (Å²) in [5.41, 5.74) is 6.63. The Labute approximate surface area is 152 Å². The number of alkyl halides is 2. The van der Waals surface area contributed by atoms with E-state index in [0.717, 1.165) is 0 Å². The highest BCUT2D eigenvalue weighted by Crippen LogP contribution is 2.33. The Hall–Kier alpha value is -3.48. The molecule has 1 atom stereocenters. The van der Waals surface area contributed by atoms with Gasteiger partial charge in [0, 0.05) is 24.7 Å². The van der Waals surface area contributed by atoms with Crippen molar-refractivity contribution in [1.82, 2.24) is 14.9 Å². The van der Waals surface area contributed by atoms with Gasteiger partial charge in [-0.2, -0.15) is 5.26 Å². The zero-order valence-electron chi connectivity index (χ0n) is 14.0. The van der Waals surface area contributed by atoms with E-state index in [1.54, 1.807) is 12.1 Å². The number of ether oxygens (including phenoxy) is 1. The van der Waals surface area contributed by atoms with Crippen LogP contribution in [0, 0.1) is 11.3 Å². The van der Waals surface area contributed by atoms with E-state index >= 15 is 0 Å². The summed E-state index contributed by atoms with van der Waals surface area (Å²) in [6, 6.07) is 7.96. The third-order valence-corrected chi connectivity index (χ3v) is 4.14. The highest BCUT2D eigenvalue weighted by atomic mass is 19.3. The van der Waals surface area contributed by atoms with Crippen LogP contribution < -0.4 is 10.5 Å². The Morgan fingerprint density at radius 3 is 2.85 bits per heavy atom. The summed E-state index contributed by atoms with van der Waals surface area (Å²) < 4.78 is 33.9. The normalized spacial score (nSPS) is 18.6. The van der Waals surface area contributed by atoms with Crippen LogP contribution in [-0.4, -0.2) is 51.2 Å². The molecule has 0 aliphatic carbocycles. The van der Waals surface area contributed by atoms with Crippen molar-refractivity contribution < 1.29 is 23.4 Å². The fourth-order valence-electron chi connectivity index (χ4n) is 2.80. The van der Waals surface area contributed by atoms with Crippen LogP contribution in [0.4, 0.5) is 19.5 Å². The number of likely N-dealkylation sites (tertiary alicyclic amines) is 1. The number of carbonyl (C=O) groups is 1. The molecule has 1 fully saturated rings. The summed E-state index contributed by atoms with van der Waals surface area (Å²) in [7, 11) is 0. The number of halogens is 2. The molecule has 0 spiro atoms. The second-order valence-corrected chi connectivity index (χ2v) is 5.98. The molecule has 1 aromatic carbocycles. The van der Waals surface area contributed by atoms with Crippen LogP contribution in [0.2, 0.25) is 0 Å². The van der Waals surface area contributed by atoms with Crippen molar-refractivity contribution in [2.45, 2.75) is 18.4 Å². The number of hydrogen-bond acceptors (Lipinski definition) is 6. The molecule has 0 bridgehead atoms. The molecule has 1 aliphatic heterocycles. The minimum atomic E-state index is -3.37. The quantitative estimate of drug-likeness (QED) is 0.843. The number of rotatable bonds is 3. The second kappa shape index (κ2) is 7.03. The molecule has 3 rings (SSSR count). The summed E-state index contributed by atoms with van der Waals surface area (Å²) in [4.78, 5) is 19.4. The van der Waals surface area contributed by atoms with Crippen LogP contribution in [0.5, 0.6) is 5.75 Å². The fraction of sp³-hybridized carbons (Fsp3) is 0.294. The number of carboxylic acid groups (broad SMARTS) is 1. The monoisotopic (exact) mass is 375 g/mol. The van der Waals surface area contributed by atoms with E-state index in [1.807, 2.05) is 6.07 Å². The average Bonchev–Trinajstić information content (AvgIpc) is 2.63. The molecule has 3 N–H and O–H groups in total. The van der Waals surface area contributed by atoms with E-state index < -0.39 is 24.7 Å². The predicted molar refractivity (Wildman–Crippen MR) is 90.2 cm³/mol. The van der Waals surface area contributed by atoms with Gasteiger partial charge in [0.1, 0.15) is 11.8 Å². The molecule has 8 nitrogen and oxygen atoms in total. The summed E-state index contributed by atoms with van der Waals surface area (Å²) in [6.07, 6.45) is -1.65. The Morgan fingerprint density at radius 2 is 2.22 bits per heavy atom. The van der Waals surface area contributed by atoms with Gasteiger partial charge in [0.2, 0.25) is 5.95 Å². The lowest BCUT2D eigenvalue weighted by Crippen LogP contribution is -2.55. The number of hydrogen-bond donors (Lipinski definition) is 2. The summed E-state index contributed by atoms with van der Waals surface area (Å²) in [5, 5.41) is 18.2. The van der Waals surface area contributed by atoms with Crippen molar-refractivity contribution in [3.8, 4) is 23.1 Å². The van der Waals surface area contributed by atoms with Crippen LogP contribution in [0.25, 0.3) is 11.3 Å². The van der Waals surface area contributed by atoms with Crippen LogP contribution in [0.1, 0.15) is 12.0 Å². The average molecular weight is 375 g/mol. The van der Waals surface area contributed by atoms with E-state index in [4.69, 9.17) is 15.6 Å². The van der Waals surface area contributed by atoms with Gasteiger partial charge < -0.3 is 20.5 Å². The van der Waals surface area contributed by atoms with Gasteiger partial charge in [-0.25, -0.2) is 23.5 Å². The predicted octanol–water partition coefficient (Wildman–Crippen LogP) is 2.36. The lowest BCUT2D eigenvalue weighted by atomic mass is 10.0. The number of nitrogens with zero attached hydrogens (tertiary/aromatic N) is 4. The van der Waals surface area contributed by atoms with Crippen molar-refractivity contribution in [3.05, 3.63) is 36.0 Å². The minimum Gasteiger partial charge on any atom is -0.483 e. The summed E-state index contributed by atoms with van der Waals surface area (Å²) >= 11 is 0. The number of amides is 1. The van der Waals surface area contributed by atoms with Crippen LogP contribution in [-0.2, 0) is 0 Å². The van der Waals surface area contributed by atoms with E-state index in [-0.39, 0.29) is 30.2 Å². The van der Waals surface area contributed by atoms with Crippen molar-refractivity contribution in [3.63, 3.8) is 0 Å². The zero-order chi connectivity index (χ0) is 19.6. The third-order valence-electron chi connectivity index (χ3n) is 4.14. The second-order valence-electron chi connectivity index (χ2n) is 5.98. The van der Waals surface area contributed by atoms with Crippen molar-refractivity contribution in [2.24, 2.45) is 0 Å². The van der Waals surface area contributed by atoms with E-state index in [0.29, 0.717) is 16.2 Å². The first-order valence-electron chi connectivity index (χ1n) is 7.95. The largest absolute Gasteiger partial charge is 0.483 e. The first-order valence-corrected chi connectivity index (χ1v) is 7.95. The van der Waals surface area contributed by atoms with Crippen LogP contribution >= 0.6 is 0 Å². The Balaban J connectivity index is 1.83. The van der Waals surface area contributed by atoms with Gasteiger partial charge in [0.05, 0.1) is 17.8 Å². The van der Waals surface area contributed by atoms with Gasteiger partial charge >= 0.3 is 12.0 Å². The number of piperidine rings is 1. The summed E-state index contributed by atoms with van der Waals surface area (Å²) in [5.74, 6) is -3.31. The molecular weight excluding hydrogens is 360 g/mol. The number of nitrogens with two attached hydrogens (primary N) is 1. The minimum absolute atomic E-state index is 0.00303. The van der Waals surface area contributed by atoms with Crippen LogP contribution in [0.3, 0.4) is 0 Å². The number of nitriles is 1. The SMILES string of the molecule is N#Cc1cc(-c2ccnc(N)n2)ccc1OC1CCN(C(=O)O)CC1(F)F. The molecule has 1 amide bonds. The highest BCUT2D eigenvalue weighted by molar-refractivity contribution is 5.65. The van der Waals surface area contributed by atoms with E-state index in [1.165, 1.54) is 18.3 Å². The molecule has 1 aromatic heterocycles. The van der Waals surface area contributed by atoms with Gasteiger partial charge in [0.15, 0.2) is 6.10 Å². The molecular formula is C17H15F2N5O3. The molecule has 1 unspecified atom stereocenters.